The molecule has 0 heterocycles. The number of carbonyl (C=O) groups is 2. The Bertz CT molecular complexity index is 494. The van der Waals surface area contributed by atoms with Crippen molar-refractivity contribution in [3.05, 3.63) is 0 Å². The average molecular weight is 452 g/mol. The van der Waals surface area contributed by atoms with Crippen molar-refractivity contribution in [2.75, 3.05) is 47.5 Å². The summed E-state index contributed by atoms with van der Waals surface area (Å²) in [7, 11) is 3.67. The molecule has 0 N–H and O–H groups in total. The molecular weight excluding hydrogens is 409 g/mol. The van der Waals surface area contributed by atoms with Gasteiger partial charge in [0.05, 0.1) is 21.1 Å². The second-order valence-electron chi connectivity index (χ2n) is 8.43. The van der Waals surface area contributed by atoms with Gasteiger partial charge in [-0.2, -0.15) is 0 Å². The van der Waals surface area contributed by atoms with Crippen LogP contribution in [0.15, 0.2) is 0 Å². The first-order valence-electron chi connectivity index (χ1n) is 11.1. The maximum absolute atomic E-state index is 12.1. The van der Waals surface area contributed by atoms with E-state index in [-0.39, 0.29) is 31.8 Å². The van der Waals surface area contributed by atoms with Crippen LogP contribution in [-0.4, -0.2) is 70.0 Å². The van der Waals surface area contributed by atoms with Gasteiger partial charge in [0.15, 0.2) is 12.7 Å². The first kappa shape index (κ1) is 28.9. The quantitative estimate of drug-likeness (QED) is 0.125. The fourth-order valence-electron chi connectivity index (χ4n) is 2.38. The van der Waals surface area contributed by atoms with E-state index in [9.17, 15) is 14.2 Å². The topological polar surface area (TPSA) is 88.1 Å². The van der Waals surface area contributed by atoms with Gasteiger partial charge in [0, 0.05) is 17.4 Å². The van der Waals surface area contributed by atoms with E-state index in [2.05, 4.69) is 6.92 Å². The summed E-state index contributed by atoms with van der Waals surface area (Å²) < 4.78 is 33.6. The average Bonchev–Trinajstić information content (AvgIpc) is 2.67. The molecule has 0 spiro atoms. The smallest absolute Gasteiger partial charge is 0.462 e. The van der Waals surface area contributed by atoms with Crippen LogP contribution in [-0.2, 0) is 32.7 Å². The Morgan fingerprint density at radius 3 is 2.10 bits per heavy atom. The van der Waals surface area contributed by atoms with Gasteiger partial charge in [-0.3, -0.25) is 9.59 Å². The lowest BCUT2D eigenvalue weighted by atomic mass is 10.1. The highest BCUT2D eigenvalue weighted by atomic mass is 31.1. The van der Waals surface area contributed by atoms with Gasteiger partial charge >= 0.3 is 20.2 Å². The zero-order valence-corrected chi connectivity index (χ0v) is 20.4. The maximum atomic E-state index is 12.1. The molecule has 0 aromatic carbocycles. The molecule has 0 rings (SSSR count). The van der Waals surface area contributed by atoms with E-state index in [1.54, 1.807) is 0 Å². The van der Waals surface area contributed by atoms with Gasteiger partial charge in [-0.25, -0.2) is 0 Å². The monoisotopic (exact) mass is 451 g/mol. The van der Waals surface area contributed by atoms with E-state index >= 15 is 0 Å². The SMILES string of the molecule is CCCCCCCC(=O)O[C@@H](COC(=O)CCCC)CO[P+](=O)OCC[N+](C)(C)C. The number of hydrogen-bond donors (Lipinski definition) is 0. The minimum absolute atomic E-state index is 0.119. The van der Waals surface area contributed by atoms with E-state index in [1.165, 1.54) is 0 Å². The lowest BCUT2D eigenvalue weighted by Crippen LogP contribution is -2.37. The molecule has 0 saturated heterocycles. The number of carbonyl (C=O) groups excluding carboxylic acids is 2. The second kappa shape index (κ2) is 17.6. The van der Waals surface area contributed by atoms with Crippen LogP contribution in [0.3, 0.4) is 0 Å². The predicted molar refractivity (Wildman–Crippen MR) is 116 cm³/mol. The Morgan fingerprint density at radius 2 is 1.47 bits per heavy atom. The lowest BCUT2D eigenvalue weighted by Gasteiger charge is -2.21. The van der Waals surface area contributed by atoms with Gasteiger partial charge in [0.2, 0.25) is 0 Å². The molecule has 0 aliphatic rings. The minimum Gasteiger partial charge on any atom is -0.462 e. The molecule has 8 nitrogen and oxygen atoms in total. The number of hydrogen-bond acceptors (Lipinski definition) is 7. The normalized spacial score (nSPS) is 13.0. The highest BCUT2D eigenvalue weighted by molar-refractivity contribution is 7.33. The predicted octanol–water partition coefficient (Wildman–Crippen LogP) is 4.39. The standard InChI is InChI=1S/C21H42NO7P/c1-6-8-10-11-12-14-21(24)29-19(17-26-20(23)13-9-7-2)18-28-30(25)27-16-15-22(3,4)5/h19H,6-18H2,1-5H3/q+2/t19-/m0/s1. The number of quaternary nitrogens is 1. The Kier molecular flexibility index (Phi) is 17.0. The van der Waals surface area contributed by atoms with Crippen molar-refractivity contribution in [1.29, 1.82) is 0 Å². The third-order valence-corrected chi connectivity index (χ3v) is 5.03. The first-order chi connectivity index (χ1) is 14.2. The molecule has 30 heavy (non-hydrogen) atoms. The Labute approximate surface area is 183 Å². The Hall–Kier alpha value is -1.08. The van der Waals surface area contributed by atoms with Crippen LogP contribution in [0.4, 0.5) is 0 Å². The number of rotatable bonds is 19. The van der Waals surface area contributed by atoms with Crippen molar-refractivity contribution in [2.45, 2.75) is 77.7 Å². The van der Waals surface area contributed by atoms with Crippen molar-refractivity contribution in [3.63, 3.8) is 0 Å². The van der Waals surface area contributed by atoms with Crippen molar-refractivity contribution in [3.8, 4) is 0 Å². The van der Waals surface area contributed by atoms with E-state index < -0.39 is 14.4 Å². The molecule has 0 fully saturated rings. The highest BCUT2D eigenvalue weighted by Crippen LogP contribution is 2.24. The van der Waals surface area contributed by atoms with Crippen LogP contribution in [0.1, 0.15) is 71.6 Å². The molecule has 0 amide bonds. The van der Waals surface area contributed by atoms with Crippen molar-refractivity contribution in [1.82, 2.24) is 0 Å². The Balaban J connectivity index is 4.43. The van der Waals surface area contributed by atoms with Crippen LogP contribution in [0, 0.1) is 0 Å². The lowest BCUT2D eigenvalue weighted by molar-refractivity contribution is -0.870. The summed E-state index contributed by atoms with van der Waals surface area (Å²) in [5.74, 6) is -0.716. The third-order valence-electron chi connectivity index (χ3n) is 4.27. The summed E-state index contributed by atoms with van der Waals surface area (Å²) in [6, 6.07) is 0. The number of nitrogens with zero attached hydrogens (tertiary/aromatic N) is 1. The molecule has 176 valence electrons. The molecule has 0 aromatic heterocycles. The van der Waals surface area contributed by atoms with Gasteiger partial charge in [-0.15, -0.1) is 9.05 Å². The van der Waals surface area contributed by atoms with Crippen LogP contribution >= 0.6 is 8.25 Å². The molecule has 0 radical (unpaired) electrons. The van der Waals surface area contributed by atoms with Gasteiger partial charge in [0.1, 0.15) is 19.8 Å². The van der Waals surface area contributed by atoms with Crippen LogP contribution < -0.4 is 0 Å². The zero-order chi connectivity index (χ0) is 22.8. The van der Waals surface area contributed by atoms with Crippen molar-refractivity contribution >= 4 is 20.2 Å². The van der Waals surface area contributed by atoms with Crippen molar-refractivity contribution < 1.29 is 37.2 Å². The number of esters is 2. The molecule has 0 aromatic rings. The highest BCUT2D eigenvalue weighted by Gasteiger charge is 2.27. The fraction of sp³-hybridized carbons (Fsp3) is 0.905. The van der Waals surface area contributed by atoms with Gasteiger partial charge in [0.25, 0.3) is 0 Å². The van der Waals surface area contributed by atoms with Crippen molar-refractivity contribution in [2.24, 2.45) is 0 Å². The largest absolute Gasteiger partial charge is 0.697 e. The molecule has 0 aliphatic carbocycles. The number of unbranched alkanes of at least 4 members (excludes halogenated alkanes) is 5. The van der Waals surface area contributed by atoms with Gasteiger partial charge in [-0.1, -0.05) is 46.0 Å². The Morgan fingerprint density at radius 1 is 0.833 bits per heavy atom. The summed E-state index contributed by atoms with van der Waals surface area (Å²) in [5.41, 5.74) is 0. The molecule has 0 aliphatic heterocycles. The summed E-state index contributed by atoms with van der Waals surface area (Å²) in [5, 5.41) is 0. The fourth-order valence-corrected chi connectivity index (χ4v) is 2.98. The molecule has 0 saturated carbocycles. The maximum Gasteiger partial charge on any atom is 0.697 e. The van der Waals surface area contributed by atoms with Gasteiger partial charge in [-0.05, 0) is 12.8 Å². The van der Waals surface area contributed by atoms with Crippen LogP contribution in [0.2, 0.25) is 0 Å². The summed E-state index contributed by atoms with van der Waals surface area (Å²) in [6.07, 6.45) is 6.56. The third kappa shape index (κ3) is 18.9. The number of likely N-dealkylation sites (N-methyl/N-ethyl adjacent to an activating group) is 1. The molecule has 0 bridgehead atoms. The van der Waals surface area contributed by atoms with E-state index in [0.717, 1.165) is 44.9 Å². The van der Waals surface area contributed by atoms with E-state index in [1.807, 2.05) is 28.1 Å². The molecule has 9 heteroatoms. The summed E-state index contributed by atoms with van der Waals surface area (Å²) >= 11 is 0. The zero-order valence-electron chi connectivity index (χ0n) is 19.5. The summed E-state index contributed by atoms with van der Waals surface area (Å²) in [4.78, 5) is 23.9. The van der Waals surface area contributed by atoms with Crippen LogP contribution in [0.5, 0.6) is 0 Å². The molecule has 2 atom stereocenters. The minimum atomic E-state index is -2.34. The number of ether oxygens (including phenoxy) is 2. The second-order valence-corrected chi connectivity index (χ2v) is 9.39. The van der Waals surface area contributed by atoms with Crippen LogP contribution in [0.25, 0.3) is 0 Å². The first-order valence-corrected chi connectivity index (χ1v) is 12.2. The molecule has 1 unspecified atom stereocenters. The van der Waals surface area contributed by atoms with Gasteiger partial charge < -0.3 is 14.0 Å². The van der Waals surface area contributed by atoms with E-state index in [0.29, 0.717) is 23.9 Å². The summed E-state index contributed by atoms with van der Waals surface area (Å²) in [6.45, 7) is 4.82. The molecular formula is C21H42NO7P+2. The van der Waals surface area contributed by atoms with E-state index in [4.69, 9.17) is 18.5 Å².